The second-order valence-electron chi connectivity index (χ2n) is 4.26. The maximum absolute atomic E-state index is 9.66. The summed E-state index contributed by atoms with van der Waals surface area (Å²) in [5, 5.41) is 9.66. The lowest BCUT2D eigenvalue weighted by molar-refractivity contribution is 0.328. The maximum Gasteiger partial charge on any atom is 0.124 e. The number of aromatic hydroxyl groups is 1. The van der Waals surface area contributed by atoms with Crippen molar-refractivity contribution in [3.63, 3.8) is 0 Å². The van der Waals surface area contributed by atoms with E-state index in [9.17, 15) is 5.11 Å². The second-order valence-corrected chi connectivity index (χ2v) is 5.18. The van der Waals surface area contributed by atoms with Crippen molar-refractivity contribution in [3.8, 4) is 17.2 Å². The van der Waals surface area contributed by atoms with E-state index < -0.39 is 0 Å². The molecule has 0 bridgehead atoms. The van der Waals surface area contributed by atoms with Gasteiger partial charge in [0.1, 0.15) is 23.9 Å². The van der Waals surface area contributed by atoms with Gasteiger partial charge in [0, 0.05) is 16.3 Å². The zero-order valence-corrected chi connectivity index (χ0v) is 13.2. The summed E-state index contributed by atoms with van der Waals surface area (Å²) in [6.45, 7) is 0.982. The van der Waals surface area contributed by atoms with Gasteiger partial charge in [-0.1, -0.05) is 15.9 Å². The van der Waals surface area contributed by atoms with Crippen LogP contribution in [0.5, 0.6) is 17.2 Å². The molecule has 0 unspecified atom stereocenters. The fourth-order valence-corrected chi connectivity index (χ4v) is 2.06. The molecule has 0 aromatic heterocycles. The van der Waals surface area contributed by atoms with Crippen LogP contribution in [0.4, 0.5) is 0 Å². The molecule has 5 heteroatoms. The summed E-state index contributed by atoms with van der Waals surface area (Å²) >= 11 is 3.35. The quantitative estimate of drug-likeness (QED) is 0.639. The topological polar surface area (TPSA) is 51.0 Å². The number of aliphatic imine (C=N–C) groups is 1. The molecule has 2 rings (SSSR count). The van der Waals surface area contributed by atoms with Crippen molar-refractivity contribution in [2.24, 2.45) is 4.99 Å². The SMILES string of the molecule is COc1ccc(OCCN=Cc2cc(Br)ccc2O)cc1. The highest BCUT2D eigenvalue weighted by Gasteiger charge is 1.98. The third-order valence-corrected chi connectivity index (χ3v) is 3.26. The average Bonchev–Trinajstić information content (AvgIpc) is 2.51. The molecule has 2 aromatic carbocycles. The van der Waals surface area contributed by atoms with Crippen LogP contribution in [-0.2, 0) is 0 Å². The fourth-order valence-electron chi connectivity index (χ4n) is 1.68. The molecule has 0 saturated carbocycles. The fraction of sp³-hybridized carbons (Fsp3) is 0.188. The van der Waals surface area contributed by atoms with E-state index in [0.717, 1.165) is 16.0 Å². The smallest absolute Gasteiger partial charge is 0.124 e. The first-order chi connectivity index (χ1) is 10.2. The lowest BCUT2D eigenvalue weighted by Crippen LogP contribution is -2.01. The number of nitrogens with zero attached hydrogens (tertiary/aromatic N) is 1. The third-order valence-electron chi connectivity index (χ3n) is 2.77. The summed E-state index contributed by atoms with van der Waals surface area (Å²) in [5.74, 6) is 1.78. The summed E-state index contributed by atoms with van der Waals surface area (Å²) in [5.41, 5.74) is 0.675. The minimum atomic E-state index is 0.207. The summed E-state index contributed by atoms with van der Waals surface area (Å²) in [7, 11) is 1.63. The molecule has 0 spiro atoms. The van der Waals surface area contributed by atoms with Gasteiger partial charge in [-0.05, 0) is 42.5 Å². The lowest BCUT2D eigenvalue weighted by atomic mass is 10.2. The molecule has 0 heterocycles. The Balaban J connectivity index is 1.81. The van der Waals surface area contributed by atoms with E-state index in [0.29, 0.717) is 18.7 Å². The van der Waals surface area contributed by atoms with Crippen molar-refractivity contribution >= 4 is 22.1 Å². The van der Waals surface area contributed by atoms with Crippen LogP contribution >= 0.6 is 15.9 Å². The predicted molar refractivity (Wildman–Crippen MR) is 86.8 cm³/mol. The van der Waals surface area contributed by atoms with Crippen LogP contribution in [0, 0.1) is 0 Å². The Morgan fingerprint density at radius 3 is 2.57 bits per heavy atom. The van der Waals surface area contributed by atoms with Gasteiger partial charge in [0.05, 0.1) is 13.7 Å². The van der Waals surface area contributed by atoms with Gasteiger partial charge < -0.3 is 14.6 Å². The number of rotatable bonds is 6. The minimum Gasteiger partial charge on any atom is -0.507 e. The first kappa shape index (κ1) is 15.4. The van der Waals surface area contributed by atoms with Crippen molar-refractivity contribution in [2.45, 2.75) is 0 Å². The van der Waals surface area contributed by atoms with Crippen LogP contribution in [0.1, 0.15) is 5.56 Å². The van der Waals surface area contributed by atoms with Crippen molar-refractivity contribution in [3.05, 3.63) is 52.5 Å². The minimum absolute atomic E-state index is 0.207. The Hall–Kier alpha value is -2.01. The molecule has 0 fully saturated rings. The Morgan fingerprint density at radius 1 is 1.14 bits per heavy atom. The summed E-state index contributed by atoms with van der Waals surface area (Å²) < 4.78 is 11.5. The van der Waals surface area contributed by atoms with Crippen LogP contribution in [0.3, 0.4) is 0 Å². The van der Waals surface area contributed by atoms with E-state index >= 15 is 0 Å². The van der Waals surface area contributed by atoms with Gasteiger partial charge in [-0.15, -0.1) is 0 Å². The van der Waals surface area contributed by atoms with Crippen molar-refractivity contribution in [2.75, 3.05) is 20.3 Å². The molecule has 4 nitrogen and oxygen atoms in total. The van der Waals surface area contributed by atoms with E-state index in [-0.39, 0.29) is 5.75 Å². The summed E-state index contributed by atoms with van der Waals surface area (Å²) in [4.78, 5) is 4.24. The normalized spacial score (nSPS) is 10.8. The average molecular weight is 350 g/mol. The summed E-state index contributed by atoms with van der Waals surface area (Å²) in [6.07, 6.45) is 1.64. The van der Waals surface area contributed by atoms with Gasteiger partial charge in [0.2, 0.25) is 0 Å². The third kappa shape index (κ3) is 4.79. The number of methoxy groups -OCH3 is 1. The summed E-state index contributed by atoms with van der Waals surface area (Å²) in [6, 6.07) is 12.6. The van der Waals surface area contributed by atoms with Gasteiger partial charge in [0.25, 0.3) is 0 Å². The number of hydrogen-bond acceptors (Lipinski definition) is 4. The molecule has 0 aliphatic rings. The van der Waals surface area contributed by atoms with E-state index in [1.165, 1.54) is 0 Å². The largest absolute Gasteiger partial charge is 0.507 e. The van der Waals surface area contributed by atoms with Crippen LogP contribution < -0.4 is 9.47 Å². The van der Waals surface area contributed by atoms with E-state index in [2.05, 4.69) is 20.9 Å². The molecule has 2 aromatic rings. The van der Waals surface area contributed by atoms with Gasteiger partial charge in [-0.2, -0.15) is 0 Å². The zero-order valence-electron chi connectivity index (χ0n) is 11.6. The molecule has 0 aliphatic heterocycles. The van der Waals surface area contributed by atoms with Gasteiger partial charge in [-0.25, -0.2) is 0 Å². The Bertz CT molecular complexity index is 611. The Kier molecular flexibility index (Phi) is 5.63. The van der Waals surface area contributed by atoms with Crippen molar-refractivity contribution < 1.29 is 14.6 Å². The predicted octanol–water partition coefficient (Wildman–Crippen LogP) is 3.66. The van der Waals surface area contributed by atoms with Crippen molar-refractivity contribution in [1.29, 1.82) is 0 Å². The standard InChI is InChI=1S/C16H16BrNO3/c1-20-14-3-5-15(6-4-14)21-9-8-18-11-12-10-13(17)2-7-16(12)19/h2-7,10-11,19H,8-9H2,1H3. The van der Waals surface area contributed by atoms with Gasteiger partial charge in [0.15, 0.2) is 0 Å². The number of hydrogen-bond donors (Lipinski definition) is 1. The molecule has 1 N–H and O–H groups in total. The second kappa shape index (κ2) is 7.69. The number of phenolic OH excluding ortho intramolecular Hbond substituents is 1. The molecule has 0 saturated heterocycles. The van der Waals surface area contributed by atoms with Gasteiger partial charge >= 0.3 is 0 Å². The number of phenols is 1. The highest BCUT2D eigenvalue weighted by Crippen LogP contribution is 2.20. The molecule has 0 amide bonds. The first-order valence-corrected chi connectivity index (χ1v) is 7.23. The van der Waals surface area contributed by atoms with E-state index in [1.54, 1.807) is 25.5 Å². The van der Waals surface area contributed by atoms with Crippen LogP contribution in [0.15, 0.2) is 51.9 Å². The maximum atomic E-state index is 9.66. The molecule has 110 valence electrons. The van der Waals surface area contributed by atoms with E-state index in [4.69, 9.17) is 9.47 Å². The highest BCUT2D eigenvalue weighted by atomic mass is 79.9. The molecular formula is C16H16BrNO3. The lowest BCUT2D eigenvalue weighted by Gasteiger charge is -2.05. The van der Waals surface area contributed by atoms with Crippen molar-refractivity contribution in [1.82, 2.24) is 0 Å². The highest BCUT2D eigenvalue weighted by molar-refractivity contribution is 9.10. The Morgan fingerprint density at radius 2 is 1.86 bits per heavy atom. The number of benzene rings is 2. The molecule has 0 atom stereocenters. The zero-order chi connectivity index (χ0) is 15.1. The van der Waals surface area contributed by atoms with Gasteiger partial charge in [-0.3, -0.25) is 4.99 Å². The molecular weight excluding hydrogens is 334 g/mol. The number of halogens is 1. The molecule has 0 radical (unpaired) electrons. The molecule has 21 heavy (non-hydrogen) atoms. The van der Waals surface area contributed by atoms with Crippen LogP contribution in [-0.4, -0.2) is 31.6 Å². The number of ether oxygens (including phenoxy) is 2. The van der Waals surface area contributed by atoms with Crippen LogP contribution in [0.25, 0.3) is 0 Å². The monoisotopic (exact) mass is 349 g/mol. The Labute approximate surface area is 132 Å². The molecule has 0 aliphatic carbocycles. The van der Waals surface area contributed by atoms with E-state index in [1.807, 2.05) is 30.3 Å². The first-order valence-electron chi connectivity index (χ1n) is 6.44. The van der Waals surface area contributed by atoms with Crippen LogP contribution in [0.2, 0.25) is 0 Å².